The largest absolute Gasteiger partial charge is 0.508 e. The Bertz CT molecular complexity index is 715. The van der Waals surface area contributed by atoms with Crippen LogP contribution in [0, 0.1) is 0 Å². The summed E-state index contributed by atoms with van der Waals surface area (Å²) in [5.74, 6) is 0.326. The minimum atomic E-state index is 0.326. The van der Waals surface area contributed by atoms with Gasteiger partial charge >= 0.3 is 0 Å². The summed E-state index contributed by atoms with van der Waals surface area (Å²) in [5.41, 5.74) is 5.95. The molecule has 1 nitrogen and oxygen atoms in total. The van der Waals surface area contributed by atoms with Gasteiger partial charge in [-0.05, 0) is 52.8 Å². The second kappa shape index (κ2) is 7.83. The maximum atomic E-state index is 10.3. The van der Waals surface area contributed by atoms with E-state index in [0.717, 1.165) is 28.7 Å². The lowest BCUT2D eigenvalue weighted by Gasteiger charge is -2.17. The van der Waals surface area contributed by atoms with Crippen LogP contribution in [0.2, 0.25) is 0 Å². The standard InChI is InChI=1S/C23H24O/c1-2-3-6-15-21-22(18-11-7-4-8-12-18)16-20(24)17-23(21)19-13-9-5-10-14-19/h4-5,7-14,16-17,24H,2-3,6,15H2,1H3. The highest BCUT2D eigenvalue weighted by Gasteiger charge is 2.13. The molecule has 0 fully saturated rings. The molecule has 3 aromatic rings. The minimum absolute atomic E-state index is 0.326. The molecule has 0 aliphatic carbocycles. The van der Waals surface area contributed by atoms with E-state index in [1.165, 1.54) is 24.8 Å². The molecule has 0 aliphatic heterocycles. The first-order valence-corrected chi connectivity index (χ1v) is 8.76. The van der Waals surface area contributed by atoms with Gasteiger partial charge in [0.05, 0.1) is 0 Å². The van der Waals surface area contributed by atoms with Crippen LogP contribution in [-0.4, -0.2) is 5.11 Å². The van der Waals surface area contributed by atoms with Gasteiger partial charge in [0.15, 0.2) is 0 Å². The van der Waals surface area contributed by atoms with Crippen molar-refractivity contribution in [2.45, 2.75) is 32.6 Å². The average Bonchev–Trinajstić information content (AvgIpc) is 2.64. The molecule has 0 unspecified atom stereocenters. The van der Waals surface area contributed by atoms with E-state index >= 15 is 0 Å². The van der Waals surface area contributed by atoms with Gasteiger partial charge < -0.3 is 5.11 Å². The molecule has 3 aromatic carbocycles. The molecule has 0 radical (unpaired) electrons. The molecule has 0 atom stereocenters. The van der Waals surface area contributed by atoms with Crippen molar-refractivity contribution in [1.82, 2.24) is 0 Å². The van der Waals surface area contributed by atoms with Gasteiger partial charge in [0, 0.05) is 0 Å². The molecule has 1 N–H and O–H groups in total. The monoisotopic (exact) mass is 316 g/mol. The van der Waals surface area contributed by atoms with Crippen LogP contribution in [0.4, 0.5) is 0 Å². The number of aromatic hydroxyl groups is 1. The number of phenols is 1. The maximum absolute atomic E-state index is 10.3. The molecule has 0 spiro atoms. The van der Waals surface area contributed by atoms with Crippen LogP contribution in [0.15, 0.2) is 72.8 Å². The Labute approximate surface area is 144 Å². The first-order valence-electron chi connectivity index (χ1n) is 8.76. The topological polar surface area (TPSA) is 20.2 Å². The molecule has 0 amide bonds. The van der Waals surface area contributed by atoms with Crippen LogP contribution in [0.25, 0.3) is 22.3 Å². The van der Waals surface area contributed by atoms with Crippen molar-refractivity contribution in [3.63, 3.8) is 0 Å². The Hall–Kier alpha value is -2.54. The number of hydrogen-bond acceptors (Lipinski definition) is 1. The number of phenolic OH excluding ortho intramolecular Hbond substituents is 1. The summed E-state index contributed by atoms with van der Waals surface area (Å²) < 4.78 is 0. The number of benzene rings is 3. The normalized spacial score (nSPS) is 10.7. The zero-order chi connectivity index (χ0) is 16.8. The third-order valence-corrected chi connectivity index (χ3v) is 4.43. The van der Waals surface area contributed by atoms with E-state index in [-0.39, 0.29) is 0 Å². The summed E-state index contributed by atoms with van der Waals surface area (Å²) in [6, 6.07) is 24.6. The van der Waals surface area contributed by atoms with Gasteiger partial charge in [0.25, 0.3) is 0 Å². The highest BCUT2D eigenvalue weighted by atomic mass is 16.3. The van der Waals surface area contributed by atoms with Crippen molar-refractivity contribution >= 4 is 0 Å². The molecule has 0 saturated heterocycles. The fraction of sp³-hybridized carbons (Fsp3) is 0.217. The molecule has 0 aliphatic rings. The summed E-state index contributed by atoms with van der Waals surface area (Å²) in [5, 5.41) is 10.3. The quantitative estimate of drug-likeness (QED) is 0.517. The smallest absolute Gasteiger partial charge is 0.116 e. The first-order chi connectivity index (χ1) is 11.8. The lowest BCUT2D eigenvalue weighted by molar-refractivity contribution is 0.475. The summed E-state index contributed by atoms with van der Waals surface area (Å²) >= 11 is 0. The third-order valence-electron chi connectivity index (χ3n) is 4.43. The summed E-state index contributed by atoms with van der Waals surface area (Å²) in [4.78, 5) is 0. The molecule has 3 rings (SSSR count). The predicted octanol–water partition coefficient (Wildman–Crippen LogP) is 6.46. The molecular formula is C23H24O. The predicted molar refractivity (Wildman–Crippen MR) is 102 cm³/mol. The van der Waals surface area contributed by atoms with Gasteiger partial charge in [-0.25, -0.2) is 0 Å². The second-order valence-corrected chi connectivity index (χ2v) is 6.21. The van der Waals surface area contributed by atoms with Crippen molar-refractivity contribution in [2.24, 2.45) is 0 Å². The fourth-order valence-electron chi connectivity index (χ4n) is 3.23. The van der Waals surface area contributed by atoms with E-state index < -0.39 is 0 Å². The molecule has 122 valence electrons. The van der Waals surface area contributed by atoms with Gasteiger partial charge in [-0.15, -0.1) is 0 Å². The second-order valence-electron chi connectivity index (χ2n) is 6.21. The molecule has 1 heteroatoms. The highest BCUT2D eigenvalue weighted by Crippen LogP contribution is 2.37. The van der Waals surface area contributed by atoms with Gasteiger partial charge in [-0.1, -0.05) is 80.4 Å². The van der Waals surface area contributed by atoms with E-state index in [1.54, 1.807) is 0 Å². The number of rotatable bonds is 6. The minimum Gasteiger partial charge on any atom is -0.508 e. The van der Waals surface area contributed by atoms with E-state index in [2.05, 4.69) is 55.5 Å². The fourth-order valence-corrected chi connectivity index (χ4v) is 3.23. The molecule has 0 heterocycles. The highest BCUT2D eigenvalue weighted by molar-refractivity contribution is 5.80. The summed E-state index contributed by atoms with van der Waals surface area (Å²) in [7, 11) is 0. The lowest BCUT2D eigenvalue weighted by Crippen LogP contribution is -1.96. The van der Waals surface area contributed by atoms with Crippen molar-refractivity contribution < 1.29 is 5.11 Å². The zero-order valence-corrected chi connectivity index (χ0v) is 14.2. The van der Waals surface area contributed by atoms with E-state index in [9.17, 15) is 5.11 Å². The van der Waals surface area contributed by atoms with Gasteiger partial charge in [0.1, 0.15) is 5.75 Å². The molecule has 0 saturated carbocycles. The van der Waals surface area contributed by atoms with E-state index in [4.69, 9.17) is 0 Å². The van der Waals surface area contributed by atoms with Crippen LogP contribution >= 0.6 is 0 Å². The molecule has 24 heavy (non-hydrogen) atoms. The first kappa shape index (κ1) is 16.3. The Morgan fingerprint density at radius 1 is 0.708 bits per heavy atom. The van der Waals surface area contributed by atoms with E-state index in [0.29, 0.717) is 5.75 Å². The van der Waals surface area contributed by atoms with Crippen molar-refractivity contribution in [3.05, 3.63) is 78.4 Å². The molecule has 0 bridgehead atoms. The van der Waals surface area contributed by atoms with Crippen LogP contribution in [0.5, 0.6) is 5.75 Å². The zero-order valence-electron chi connectivity index (χ0n) is 14.2. The Morgan fingerprint density at radius 2 is 1.21 bits per heavy atom. The van der Waals surface area contributed by atoms with Crippen LogP contribution in [-0.2, 0) is 6.42 Å². The SMILES string of the molecule is CCCCCc1c(-c2ccccc2)cc(O)cc1-c1ccccc1. The summed E-state index contributed by atoms with van der Waals surface area (Å²) in [6.07, 6.45) is 4.63. The van der Waals surface area contributed by atoms with Crippen LogP contribution < -0.4 is 0 Å². The molecule has 0 aromatic heterocycles. The van der Waals surface area contributed by atoms with E-state index in [1.807, 2.05) is 24.3 Å². The van der Waals surface area contributed by atoms with Gasteiger partial charge in [0.2, 0.25) is 0 Å². The Balaban J connectivity index is 2.15. The average molecular weight is 316 g/mol. The number of unbranched alkanes of at least 4 members (excludes halogenated alkanes) is 2. The maximum Gasteiger partial charge on any atom is 0.116 e. The van der Waals surface area contributed by atoms with Crippen molar-refractivity contribution in [1.29, 1.82) is 0 Å². The third kappa shape index (κ3) is 3.68. The number of hydrogen-bond donors (Lipinski definition) is 1. The Kier molecular flexibility index (Phi) is 5.32. The van der Waals surface area contributed by atoms with Crippen molar-refractivity contribution in [3.8, 4) is 28.0 Å². The van der Waals surface area contributed by atoms with Gasteiger partial charge in [-0.3, -0.25) is 0 Å². The lowest BCUT2D eigenvalue weighted by atomic mass is 9.88. The Morgan fingerprint density at radius 3 is 1.67 bits per heavy atom. The summed E-state index contributed by atoms with van der Waals surface area (Å²) in [6.45, 7) is 2.23. The van der Waals surface area contributed by atoms with Crippen molar-refractivity contribution in [2.75, 3.05) is 0 Å². The van der Waals surface area contributed by atoms with Crippen LogP contribution in [0.3, 0.4) is 0 Å². The molecular weight excluding hydrogens is 292 g/mol. The van der Waals surface area contributed by atoms with Crippen LogP contribution in [0.1, 0.15) is 31.7 Å². The van der Waals surface area contributed by atoms with Gasteiger partial charge in [-0.2, -0.15) is 0 Å².